The summed E-state index contributed by atoms with van der Waals surface area (Å²) in [6.45, 7) is 14.0. The van der Waals surface area contributed by atoms with Gasteiger partial charge < -0.3 is 10.2 Å². The maximum atomic E-state index is 4.16. The highest BCUT2D eigenvalue weighted by molar-refractivity contribution is 5.75. The van der Waals surface area contributed by atoms with E-state index >= 15 is 0 Å². The van der Waals surface area contributed by atoms with Crippen molar-refractivity contribution in [3.05, 3.63) is 46.2 Å². The minimum Gasteiger partial charge on any atom is -0.376 e. The summed E-state index contributed by atoms with van der Waals surface area (Å²) in [5.41, 5.74) is 7.62. The number of aliphatic imine (C=N–C) groups is 1. The molecule has 1 aliphatic heterocycles. The first-order valence-electron chi connectivity index (χ1n) is 12.3. The molecule has 0 bridgehead atoms. The molecule has 0 unspecified atom stereocenters. The number of allylic oxidation sites excluding steroid dienone is 5. The first-order valence-corrected chi connectivity index (χ1v) is 12.3. The van der Waals surface area contributed by atoms with Crippen molar-refractivity contribution < 1.29 is 0 Å². The van der Waals surface area contributed by atoms with Gasteiger partial charge in [0.05, 0.1) is 0 Å². The van der Waals surface area contributed by atoms with E-state index in [1.165, 1.54) is 68.3 Å². The van der Waals surface area contributed by atoms with Gasteiger partial charge in [0.25, 0.3) is 0 Å². The molecule has 0 aromatic carbocycles. The molecule has 0 aromatic rings. The Morgan fingerprint density at radius 2 is 1.83 bits per heavy atom. The highest BCUT2D eigenvalue weighted by Crippen LogP contribution is 2.43. The van der Waals surface area contributed by atoms with Crippen molar-refractivity contribution in [2.75, 3.05) is 33.7 Å². The van der Waals surface area contributed by atoms with Crippen LogP contribution in [0.4, 0.5) is 0 Å². The second kappa shape index (κ2) is 15.2. The third kappa shape index (κ3) is 9.04. The monoisotopic (exact) mass is 413 g/mol. The van der Waals surface area contributed by atoms with Crippen LogP contribution in [0.3, 0.4) is 0 Å². The van der Waals surface area contributed by atoms with Crippen molar-refractivity contribution >= 4 is 6.21 Å². The first-order chi connectivity index (χ1) is 14.6. The van der Waals surface area contributed by atoms with Crippen LogP contribution < -0.4 is 5.32 Å². The van der Waals surface area contributed by atoms with Gasteiger partial charge in [-0.15, -0.1) is 0 Å². The van der Waals surface area contributed by atoms with Crippen LogP contribution >= 0.6 is 0 Å². The van der Waals surface area contributed by atoms with E-state index in [0.29, 0.717) is 0 Å². The molecular weight excluding hydrogens is 366 g/mol. The van der Waals surface area contributed by atoms with E-state index in [2.05, 4.69) is 61.4 Å². The van der Waals surface area contributed by atoms with E-state index < -0.39 is 0 Å². The van der Waals surface area contributed by atoms with E-state index in [1.54, 1.807) is 11.1 Å². The summed E-state index contributed by atoms with van der Waals surface area (Å²) in [7, 11) is 4.04. The molecule has 0 radical (unpaired) electrons. The normalized spacial score (nSPS) is 18.4. The average molecular weight is 414 g/mol. The second-order valence-corrected chi connectivity index (χ2v) is 8.29. The van der Waals surface area contributed by atoms with Crippen molar-refractivity contribution in [2.45, 2.75) is 79.6 Å². The fourth-order valence-corrected chi connectivity index (χ4v) is 3.79. The third-order valence-electron chi connectivity index (χ3n) is 5.55. The quantitative estimate of drug-likeness (QED) is 0.336. The Bertz CT molecular complexity index is 641. The second-order valence-electron chi connectivity index (χ2n) is 8.29. The molecule has 0 aromatic heterocycles. The summed E-state index contributed by atoms with van der Waals surface area (Å²) in [5, 5.41) is 3.28. The van der Waals surface area contributed by atoms with Gasteiger partial charge in [0.15, 0.2) is 0 Å². The smallest absolute Gasteiger partial charge is 0.0424 e. The van der Waals surface area contributed by atoms with Crippen LogP contribution in [-0.4, -0.2) is 44.8 Å². The molecule has 3 heteroatoms. The van der Waals surface area contributed by atoms with Crippen LogP contribution in [0.25, 0.3) is 0 Å². The van der Waals surface area contributed by atoms with Crippen LogP contribution in [0.15, 0.2) is 51.2 Å². The van der Waals surface area contributed by atoms with E-state index in [9.17, 15) is 0 Å². The Balaban J connectivity index is 0.000000428. The van der Waals surface area contributed by atoms with Gasteiger partial charge in [0.2, 0.25) is 0 Å². The van der Waals surface area contributed by atoms with Crippen molar-refractivity contribution in [3.8, 4) is 0 Å². The number of rotatable bonds is 9. The maximum Gasteiger partial charge on any atom is 0.0424 e. The molecule has 30 heavy (non-hydrogen) atoms. The van der Waals surface area contributed by atoms with Crippen molar-refractivity contribution in [1.29, 1.82) is 0 Å². The minimum absolute atomic E-state index is 0.902. The average Bonchev–Trinajstić information content (AvgIpc) is 3.49. The van der Waals surface area contributed by atoms with E-state index in [-0.39, 0.29) is 0 Å². The third-order valence-corrected chi connectivity index (χ3v) is 5.55. The molecule has 170 valence electrons. The zero-order valence-electron chi connectivity index (χ0n) is 20.9. The Hall–Kier alpha value is -1.61. The topological polar surface area (TPSA) is 27.6 Å². The van der Waals surface area contributed by atoms with E-state index in [0.717, 1.165) is 18.9 Å². The zero-order valence-corrected chi connectivity index (χ0v) is 20.9. The Morgan fingerprint density at radius 1 is 1.17 bits per heavy atom. The maximum absolute atomic E-state index is 4.16. The molecule has 2 aliphatic carbocycles. The molecule has 3 aliphatic rings. The number of nitrogens with zero attached hydrogens (tertiary/aromatic N) is 2. The van der Waals surface area contributed by atoms with Crippen LogP contribution in [0.2, 0.25) is 0 Å². The SMILES string of the molecule is CC.CCC1=CC2=C(C1)C(/C(=C/C=NC)CC1CC1)=CN(C)C2.CCCNCCC. The molecule has 1 heterocycles. The van der Waals surface area contributed by atoms with Crippen molar-refractivity contribution in [1.82, 2.24) is 10.2 Å². The molecule has 3 rings (SSSR count). The van der Waals surface area contributed by atoms with Crippen molar-refractivity contribution in [3.63, 3.8) is 0 Å². The predicted molar refractivity (Wildman–Crippen MR) is 135 cm³/mol. The predicted octanol–water partition coefficient (Wildman–Crippen LogP) is 6.70. The summed E-state index contributed by atoms with van der Waals surface area (Å²) in [6, 6.07) is 0. The number of hydrogen-bond donors (Lipinski definition) is 1. The van der Waals surface area contributed by atoms with Gasteiger partial charge in [0, 0.05) is 33.1 Å². The number of nitrogens with one attached hydrogen (secondary N) is 1. The minimum atomic E-state index is 0.902. The van der Waals surface area contributed by atoms with Gasteiger partial charge in [-0.25, -0.2) is 0 Å². The Morgan fingerprint density at radius 3 is 2.37 bits per heavy atom. The Labute approximate surface area is 187 Å². The summed E-state index contributed by atoms with van der Waals surface area (Å²) in [6.07, 6.45) is 17.8. The fourth-order valence-electron chi connectivity index (χ4n) is 3.79. The van der Waals surface area contributed by atoms with Crippen LogP contribution in [0.5, 0.6) is 0 Å². The summed E-state index contributed by atoms with van der Waals surface area (Å²) in [4.78, 5) is 6.49. The molecular formula is C27H47N3. The lowest BCUT2D eigenvalue weighted by Crippen LogP contribution is -2.20. The molecule has 1 fully saturated rings. The highest BCUT2D eigenvalue weighted by atomic mass is 15.1. The van der Waals surface area contributed by atoms with E-state index in [4.69, 9.17) is 0 Å². The van der Waals surface area contributed by atoms with Crippen LogP contribution in [0.1, 0.15) is 79.6 Å². The highest BCUT2D eigenvalue weighted by Gasteiger charge is 2.28. The van der Waals surface area contributed by atoms with Gasteiger partial charge in [0.1, 0.15) is 0 Å². The van der Waals surface area contributed by atoms with Crippen molar-refractivity contribution in [2.24, 2.45) is 10.9 Å². The molecule has 0 amide bonds. The molecule has 1 saturated carbocycles. The molecule has 0 saturated heterocycles. The summed E-state index contributed by atoms with van der Waals surface area (Å²) >= 11 is 0. The lowest BCUT2D eigenvalue weighted by Gasteiger charge is -2.26. The fraction of sp³-hybridized carbons (Fsp3) is 0.667. The van der Waals surface area contributed by atoms with Gasteiger partial charge in [-0.3, -0.25) is 4.99 Å². The van der Waals surface area contributed by atoms with Gasteiger partial charge in [-0.2, -0.15) is 0 Å². The zero-order chi connectivity index (χ0) is 22.4. The summed E-state index contributed by atoms with van der Waals surface area (Å²) in [5.74, 6) is 0.902. The lowest BCUT2D eigenvalue weighted by atomic mass is 9.89. The molecule has 3 nitrogen and oxygen atoms in total. The molecule has 1 N–H and O–H groups in total. The largest absolute Gasteiger partial charge is 0.376 e. The number of hydrogen-bond acceptors (Lipinski definition) is 3. The van der Waals surface area contributed by atoms with Crippen LogP contribution in [-0.2, 0) is 0 Å². The number of likely N-dealkylation sites (N-methyl/N-ethyl adjacent to an activating group) is 1. The summed E-state index contributed by atoms with van der Waals surface area (Å²) < 4.78 is 0. The first kappa shape index (κ1) is 26.4. The molecule has 0 atom stereocenters. The Kier molecular flexibility index (Phi) is 13.4. The standard InChI is InChI=1S/C19H26N2.C6H15N.C2H6/c1-4-14-9-17-12-21(3)13-19(18(17)11-14)16(7-8-20-2)10-15-5-6-15;1-3-5-7-6-4-2;1-2/h7-9,13,15H,4-6,10-12H2,1-3H3;7H,3-6H2,1-2H3;1-2H3/b16-7+,20-8?;;. The lowest BCUT2D eigenvalue weighted by molar-refractivity contribution is 0.488. The van der Waals surface area contributed by atoms with Gasteiger partial charge in [-0.05, 0) is 92.3 Å². The van der Waals surface area contributed by atoms with Gasteiger partial charge >= 0.3 is 0 Å². The van der Waals surface area contributed by atoms with E-state index in [1.807, 2.05) is 27.1 Å². The van der Waals surface area contributed by atoms with Gasteiger partial charge in [-0.1, -0.05) is 46.3 Å². The van der Waals surface area contributed by atoms with Crippen LogP contribution in [0, 0.1) is 5.92 Å². The molecule has 0 spiro atoms.